The van der Waals surface area contributed by atoms with Crippen LogP contribution in [0.2, 0.25) is 0 Å². The Morgan fingerprint density at radius 1 is 1.40 bits per heavy atom. The molecular weight excluding hydrogens is 320 g/mol. The van der Waals surface area contributed by atoms with Crippen molar-refractivity contribution in [2.24, 2.45) is 0 Å². The summed E-state index contributed by atoms with van der Waals surface area (Å²) in [6, 6.07) is 4.01. The zero-order valence-electron chi connectivity index (χ0n) is 14.4. The summed E-state index contributed by atoms with van der Waals surface area (Å²) in [7, 11) is 0. The quantitative estimate of drug-likeness (QED) is 0.827. The molecule has 1 fully saturated rings. The molecule has 2 aromatic rings. The van der Waals surface area contributed by atoms with Crippen LogP contribution >= 0.6 is 0 Å². The van der Waals surface area contributed by atoms with Crippen LogP contribution in [0.5, 0.6) is 0 Å². The maximum atomic E-state index is 12.2. The van der Waals surface area contributed by atoms with E-state index in [0.717, 1.165) is 36.7 Å². The van der Waals surface area contributed by atoms with Crippen molar-refractivity contribution in [3.63, 3.8) is 0 Å². The van der Waals surface area contributed by atoms with Crippen LogP contribution in [0, 0.1) is 6.92 Å². The number of H-pyrrole nitrogens is 1. The Balaban J connectivity index is 1.79. The third kappa shape index (κ3) is 4.40. The fraction of sp³-hybridized carbons (Fsp3) is 0.529. The van der Waals surface area contributed by atoms with Gasteiger partial charge in [0.25, 0.3) is 0 Å². The number of aryl methyl sites for hydroxylation is 1. The van der Waals surface area contributed by atoms with Gasteiger partial charge < -0.3 is 10.0 Å². The Labute approximate surface area is 146 Å². The molecule has 2 N–H and O–H groups in total. The number of aliphatic hydroxyl groups is 1. The highest BCUT2D eigenvalue weighted by Crippen LogP contribution is 2.26. The minimum Gasteiger partial charge on any atom is -0.396 e. The van der Waals surface area contributed by atoms with Gasteiger partial charge in [-0.1, -0.05) is 6.07 Å². The average molecular weight is 344 g/mol. The number of aromatic amines is 1. The zero-order valence-corrected chi connectivity index (χ0v) is 14.4. The first kappa shape index (κ1) is 17.5. The molecule has 8 heteroatoms. The van der Waals surface area contributed by atoms with Crippen molar-refractivity contribution in [2.75, 3.05) is 26.2 Å². The Hall–Kier alpha value is -2.32. The van der Waals surface area contributed by atoms with Gasteiger partial charge in [0.2, 0.25) is 5.91 Å². The molecule has 0 saturated carbocycles. The zero-order chi connectivity index (χ0) is 17.6. The number of rotatable bonds is 5. The van der Waals surface area contributed by atoms with Crippen molar-refractivity contribution in [1.82, 2.24) is 30.0 Å². The van der Waals surface area contributed by atoms with Crippen LogP contribution in [0.1, 0.15) is 36.1 Å². The van der Waals surface area contributed by atoms with E-state index in [-0.39, 0.29) is 25.0 Å². The summed E-state index contributed by atoms with van der Waals surface area (Å²) >= 11 is 0. The van der Waals surface area contributed by atoms with Gasteiger partial charge in [-0.15, -0.1) is 0 Å². The Morgan fingerprint density at radius 3 is 2.96 bits per heavy atom. The predicted molar refractivity (Wildman–Crippen MR) is 91.4 cm³/mol. The molecule has 1 atom stereocenters. The third-order valence-corrected chi connectivity index (χ3v) is 4.47. The summed E-state index contributed by atoms with van der Waals surface area (Å²) in [4.78, 5) is 25.0. The van der Waals surface area contributed by atoms with E-state index in [0.29, 0.717) is 13.1 Å². The number of aromatic nitrogens is 4. The molecule has 1 aliphatic heterocycles. The number of carbonyl (C=O) groups excluding carboxylic acids is 1. The summed E-state index contributed by atoms with van der Waals surface area (Å²) in [5.74, 6) is 1.54. The number of nitrogens with one attached hydrogen (secondary N) is 1. The fourth-order valence-corrected chi connectivity index (χ4v) is 3.20. The fourth-order valence-electron chi connectivity index (χ4n) is 3.20. The number of pyridine rings is 1. The van der Waals surface area contributed by atoms with Gasteiger partial charge in [-0.3, -0.25) is 19.8 Å². The minimum absolute atomic E-state index is 0.00403. The second-order valence-corrected chi connectivity index (χ2v) is 6.27. The molecule has 0 radical (unpaired) electrons. The lowest BCUT2D eigenvalue weighted by Crippen LogP contribution is -2.35. The van der Waals surface area contributed by atoms with Gasteiger partial charge in [0.05, 0.1) is 12.6 Å². The van der Waals surface area contributed by atoms with Crippen molar-refractivity contribution in [3.05, 3.63) is 41.7 Å². The first-order valence-corrected chi connectivity index (χ1v) is 8.58. The highest BCUT2D eigenvalue weighted by atomic mass is 16.3. The molecule has 0 spiro atoms. The normalized spacial score (nSPS) is 19.0. The molecule has 1 aliphatic rings. The van der Waals surface area contributed by atoms with Crippen molar-refractivity contribution < 1.29 is 9.90 Å². The van der Waals surface area contributed by atoms with E-state index in [9.17, 15) is 4.79 Å². The summed E-state index contributed by atoms with van der Waals surface area (Å²) in [5.41, 5.74) is 1.12. The first-order chi connectivity index (χ1) is 12.2. The Kier molecular flexibility index (Phi) is 5.72. The SMILES string of the molecule is Cc1nc(C2CCN(C(=O)CCO)CCN2Cc2cccnc2)n[nH]1. The van der Waals surface area contributed by atoms with E-state index < -0.39 is 0 Å². The van der Waals surface area contributed by atoms with Crippen LogP contribution in [0.15, 0.2) is 24.5 Å². The van der Waals surface area contributed by atoms with Crippen LogP contribution in [0.25, 0.3) is 0 Å². The smallest absolute Gasteiger partial charge is 0.224 e. The maximum absolute atomic E-state index is 12.2. The number of hydrogen-bond acceptors (Lipinski definition) is 6. The lowest BCUT2D eigenvalue weighted by molar-refractivity contribution is -0.131. The van der Waals surface area contributed by atoms with Crippen molar-refractivity contribution in [2.45, 2.75) is 32.4 Å². The van der Waals surface area contributed by atoms with E-state index in [2.05, 4.69) is 25.1 Å². The van der Waals surface area contributed by atoms with Crippen molar-refractivity contribution in [3.8, 4) is 0 Å². The molecular formula is C17H24N6O2. The largest absolute Gasteiger partial charge is 0.396 e. The summed E-state index contributed by atoms with van der Waals surface area (Å²) < 4.78 is 0. The van der Waals surface area contributed by atoms with Crippen molar-refractivity contribution >= 4 is 5.91 Å². The monoisotopic (exact) mass is 344 g/mol. The number of nitrogens with zero attached hydrogens (tertiary/aromatic N) is 5. The summed E-state index contributed by atoms with van der Waals surface area (Å²) in [6.45, 7) is 4.51. The van der Waals surface area contributed by atoms with Crippen LogP contribution in [-0.2, 0) is 11.3 Å². The van der Waals surface area contributed by atoms with Gasteiger partial charge in [-0.05, 0) is 25.0 Å². The molecule has 3 rings (SSSR count). The molecule has 2 aromatic heterocycles. The molecule has 1 unspecified atom stereocenters. The molecule has 0 aromatic carbocycles. The van der Waals surface area contributed by atoms with E-state index >= 15 is 0 Å². The van der Waals surface area contributed by atoms with E-state index in [1.54, 1.807) is 6.20 Å². The molecule has 0 bridgehead atoms. The second kappa shape index (κ2) is 8.17. The lowest BCUT2D eigenvalue weighted by Gasteiger charge is -2.27. The minimum atomic E-state index is -0.113. The topological polar surface area (TPSA) is 98.2 Å². The van der Waals surface area contributed by atoms with Gasteiger partial charge >= 0.3 is 0 Å². The summed E-state index contributed by atoms with van der Waals surface area (Å²) in [5, 5.41) is 16.3. The Morgan fingerprint density at radius 2 is 2.28 bits per heavy atom. The molecule has 25 heavy (non-hydrogen) atoms. The van der Waals surface area contributed by atoms with Crippen molar-refractivity contribution in [1.29, 1.82) is 0 Å². The van der Waals surface area contributed by atoms with Crippen LogP contribution in [-0.4, -0.2) is 67.2 Å². The molecule has 8 nitrogen and oxygen atoms in total. The summed E-state index contributed by atoms with van der Waals surface area (Å²) in [6.07, 6.45) is 4.55. The van der Waals surface area contributed by atoms with Crippen LogP contribution in [0.4, 0.5) is 0 Å². The van der Waals surface area contributed by atoms with E-state index in [4.69, 9.17) is 5.11 Å². The highest BCUT2D eigenvalue weighted by Gasteiger charge is 2.29. The maximum Gasteiger partial charge on any atom is 0.224 e. The molecule has 1 amide bonds. The van der Waals surface area contributed by atoms with E-state index in [1.165, 1.54) is 0 Å². The van der Waals surface area contributed by atoms with Gasteiger partial charge in [0, 0.05) is 45.0 Å². The molecule has 3 heterocycles. The standard InChI is InChI=1S/C17H24N6O2/c1-13-19-17(21-20-13)15-4-7-22(16(25)5-10-24)8-9-23(15)12-14-3-2-6-18-11-14/h2-3,6,11,15,24H,4-5,7-10,12H2,1H3,(H,19,20,21). The van der Waals surface area contributed by atoms with Crippen LogP contribution < -0.4 is 0 Å². The number of carbonyl (C=O) groups is 1. The average Bonchev–Trinajstić information content (AvgIpc) is 2.93. The number of hydrogen-bond donors (Lipinski definition) is 2. The Bertz CT molecular complexity index is 689. The van der Waals surface area contributed by atoms with Gasteiger partial charge in [-0.25, -0.2) is 4.98 Å². The third-order valence-electron chi connectivity index (χ3n) is 4.47. The second-order valence-electron chi connectivity index (χ2n) is 6.27. The molecule has 134 valence electrons. The van der Waals surface area contributed by atoms with E-state index in [1.807, 2.05) is 30.2 Å². The first-order valence-electron chi connectivity index (χ1n) is 8.58. The van der Waals surface area contributed by atoms with Gasteiger partial charge in [0.1, 0.15) is 5.82 Å². The highest BCUT2D eigenvalue weighted by molar-refractivity contribution is 5.76. The predicted octanol–water partition coefficient (Wildman–Crippen LogP) is 0.666. The number of aliphatic hydroxyl groups excluding tert-OH is 1. The molecule has 0 aliphatic carbocycles. The molecule has 1 saturated heterocycles. The lowest BCUT2D eigenvalue weighted by atomic mass is 10.1. The van der Waals surface area contributed by atoms with Gasteiger partial charge in [-0.2, -0.15) is 5.10 Å². The van der Waals surface area contributed by atoms with Crippen LogP contribution in [0.3, 0.4) is 0 Å². The van der Waals surface area contributed by atoms with Gasteiger partial charge in [0.15, 0.2) is 5.82 Å². The number of amides is 1.